The van der Waals surface area contributed by atoms with E-state index in [9.17, 15) is 9.59 Å². The van der Waals surface area contributed by atoms with E-state index in [1.807, 2.05) is 0 Å². The molecule has 0 saturated carbocycles. The van der Waals surface area contributed by atoms with E-state index >= 15 is 0 Å². The van der Waals surface area contributed by atoms with Crippen LogP contribution in [0.4, 0.5) is 4.79 Å². The van der Waals surface area contributed by atoms with E-state index in [1.165, 1.54) is 7.05 Å². The van der Waals surface area contributed by atoms with Crippen LogP contribution in [-0.2, 0) is 9.53 Å². The van der Waals surface area contributed by atoms with Crippen LogP contribution in [0, 0.1) is 5.92 Å². The number of unbranched alkanes of at least 4 members (excludes halogenated alkanes) is 2. The molecule has 0 saturated heterocycles. The fourth-order valence-corrected chi connectivity index (χ4v) is 1.06. The van der Waals surface area contributed by atoms with Crippen LogP contribution in [0.3, 0.4) is 0 Å². The Kier molecular flexibility index (Phi) is 6.80. The molecule has 4 heteroatoms. The first-order valence-corrected chi connectivity index (χ1v) is 5.05. The zero-order chi connectivity index (χ0) is 11.0. The number of nitrogens with one attached hydrogen (secondary N) is 1. The first kappa shape index (κ1) is 12.9. The predicted molar refractivity (Wildman–Crippen MR) is 53.9 cm³/mol. The maximum absolute atomic E-state index is 11.2. The molecule has 0 rings (SSSR count). The normalized spacial score (nSPS) is 11.9. The van der Waals surface area contributed by atoms with Gasteiger partial charge in [0.05, 0.1) is 5.92 Å². The fourth-order valence-electron chi connectivity index (χ4n) is 1.06. The number of rotatable bonds is 5. The Morgan fingerprint density at radius 1 is 1.36 bits per heavy atom. The second kappa shape index (κ2) is 7.35. The van der Waals surface area contributed by atoms with Gasteiger partial charge in [-0.3, -0.25) is 4.79 Å². The van der Waals surface area contributed by atoms with Crippen LogP contribution in [0.1, 0.15) is 39.5 Å². The first-order valence-electron chi connectivity index (χ1n) is 5.05. The maximum Gasteiger partial charge on any atom is 0.414 e. The molecule has 0 aliphatic carbocycles. The molecule has 82 valence electrons. The molecule has 0 aromatic heterocycles. The third-order valence-corrected chi connectivity index (χ3v) is 2.04. The molecular formula is C10H19NO3. The van der Waals surface area contributed by atoms with Gasteiger partial charge in [-0.25, -0.2) is 4.79 Å². The van der Waals surface area contributed by atoms with Crippen molar-refractivity contribution in [3.8, 4) is 0 Å². The summed E-state index contributed by atoms with van der Waals surface area (Å²) in [6.07, 6.45) is 3.33. The Morgan fingerprint density at radius 3 is 2.50 bits per heavy atom. The Balaban J connectivity index is 3.70. The minimum atomic E-state index is -0.683. The van der Waals surface area contributed by atoms with Gasteiger partial charge in [0, 0.05) is 7.05 Å². The van der Waals surface area contributed by atoms with Gasteiger partial charge in [0.15, 0.2) is 0 Å². The number of carbonyl (C=O) groups excluding carboxylic acids is 2. The smallest absolute Gasteiger partial charge is 0.376 e. The summed E-state index contributed by atoms with van der Waals surface area (Å²) in [6.45, 7) is 3.88. The van der Waals surface area contributed by atoms with E-state index in [1.54, 1.807) is 6.92 Å². The third-order valence-electron chi connectivity index (χ3n) is 2.04. The van der Waals surface area contributed by atoms with Gasteiger partial charge in [-0.15, -0.1) is 0 Å². The minimum absolute atomic E-state index is 0.196. The van der Waals surface area contributed by atoms with Crippen molar-refractivity contribution in [3.63, 3.8) is 0 Å². The molecule has 1 atom stereocenters. The van der Waals surface area contributed by atoms with Crippen LogP contribution in [0.15, 0.2) is 0 Å². The number of esters is 1. The van der Waals surface area contributed by atoms with Crippen LogP contribution < -0.4 is 5.32 Å². The molecule has 1 unspecified atom stereocenters. The quantitative estimate of drug-likeness (QED) is 0.421. The lowest BCUT2D eigenvalue weighted by Gasteiger charge is -2.08. The lowest BCUT2D eigenvalue weighted by molar-refractivity contribution is -0.141. The van der Waals surface area contributed by atoms with E-state index in [4.69, 9.17) is 0 Å². The lowest BCUT2D eigenvalue weighted by Crippen LogP contribution is -2.26. The van der Waals surface area contributed by atoms with Gasteiger partial charge < -0.3 is 10.1 Å². The summed E-state index contributed by atoms with van der Waals surface area (Å²) in [5.41, 5.74) is 0. The molecule has 0 spiro atoms. The Bertz CT molecular complexity index is 192. The molecule has 4 nitrogen and oxygen atoms in total. The number of carbonyl (C=O) groups is 2. The van der Waals surface area contributed by atoms with Crippen LogP contribution in [0.5, 0.6) is 0 Å². The summed E-state index contributed by atoms with van der Waals surface area (Å²) in [4.78, 5) is 21.9. The molecule has 14 heavy (non-hydrogen) atoms. The molecule has 0 aromatic carbocycles. The van der Waals surface area contributed by atoms with Crippen LogP contribution in [0.2, 0.25) is 0 Å². The van der Waals surface area contributed by atoms with Crippen molar-refractivity contribution >= 4 is 12.1 Å². The highest BCUT2D eigenvalue weighted by Crippen LogP contribution is 2.10. The van der Waals surface area contributed by atoms with Crippen molar-refractivity contribution in [1.29, 1.82) is 0 Å². The van der Waals surface area contributed by atoms with E-state index in [-0.39, 0.29) is 5.92 Å². The van der Waals surface area contributed by atoms with Crippen molar-refractivity contribution in [2.45, 2.75) is 39.5 Å². The van der Waals surface area contributed by atoms with E-state index < -0.39 is 12.1 Å². The van der Waals surface area contributed by atoms with Crippen molar-refractivity contribution in [2.75, 3.05) is 7.05 Å². The van der Waals surface area contributed by atoms with Crippen molar-refractivity contribution in [1.82, 2.24) is 5.32 Å². The second-order valence-corrected chi connectivity index (χ2v) is 3.36. The van der Waals surface area contributed by atoms with Crippen LogP contribution in [-0.4, -0.2) is 19.1 Å². The minimum Gasteiger partial charge on any atom is -0.376 e. The highest BCUT2D eigenvalue weighted by molar-refractivity contribution is 5.85. The van der Waals surface area contributed by atoms with Gasteiger partial charge in [-0.1, -0.05) is 33.1 Å². The van der Waals surface area contributed by atoms with Crippen molar-refractivity contribution in [2.24, 2.45) is 5.92 Å². The summed E-state index contributed by atoms with van der Waals surface area (Å²) in [7, 11) is 1.43. The number of amides is 1. The molecule has 0 heterocycles. The summed E-state index contributed by atoms with van der Waals surface area (Å²) < 4.78 is 4.50. The summed E-state index contributed by atoms with van der Waals surface area (Å²) >= 11 is 0. The molecule has 1 N–H and O–H groups in total. The first-order chi connectivity index (χ1) is 6.61. The van der Waals surface area contributed by atoms with Gasteiger partial charge in [0.1, 0.15) is 0 Å². The van der Waals surface area contributed by atoms with Gasteiger partial charge in [0.25, 0.3) is 0 Å². The number of hydrogen-bond donors (Lipinski definition) is 1. The fraction of sp³-hybridized carbons (Fsp3) is 0.800. The second-order valence-electron chi connectivity index (χ2n) is 3.36. The number of alkyl carbamates (subject to hydrolysis) is 1. The van der Waals surface area contributed by atoms with Crippen molar-refractivity contribution < 1.29 is 14.3 Å². The van der Waals surface area contributed by atoms with Crippen LogP contribution in [0.25, 0.3) is 0 Å². The predicted octanol–water partition coefficient (Wildman–Crippen LogP) is 2.09. The molecule has 0 bridgehead atoms. The largest absolute Gasteiger partial charge is 0.414 e. The summed E-state index contributed by atoms with van der Waals surface area (Å²) in [6, 6.07) is 0. The van der Waals surface area contributed by atoms with Gasteiger partial charge in [0.2, 0.25) is 0 Å². The van der Waals surface area contributed by atoms with E-state index in [0.717, 1.165) is 25.7 Å². The summed E-state index contributed by atoms with van der Waals surface area (Å²) in [5.74, 6) is -0.640. The Morgan fingerprint density at radius 2 is 2.00 bits per heavy atom. The molecule has 0 aliphatic heterocycles. The average molecular weight is 201 g/mol. The molecule has 0 aromatic rings. The lowest BCUT2D eigenvalue weighted by atomic mass is 10.0. The van der Waals surface area contributed by atoms with Gasteiger partial charge in [-0.05, 0) is 6.42 Å². The Hall–Kier alpha value is -1.06. The zero-order valence-corrected chi connectivity index (χ0v) is 9.13. The van der Waals surface area contributed by atoms with Crippen molar-refractivity contribution in [3.05, 3.63) is 0 Å². The zero-order valence-electron chi connectivity index (χ0n) is 9.13. The highest BCUT2D eigenvalue weighted by Gasteiger charge is 2.16. The topological polar surface area (TPSA) is 55.4 Å². The van der Waals surface area contributed by atoms with E-state index in [2.05, 4.69) is 17.0 Å². The standard InChI is InChI=1S/C10H19NO3/c1-4-5-6-7-8(2)9(12)14-10(13)11-3/h8H,4-7H2,1-3H3,(H,11,13). The average Bonchev–Trinajstić information content (AvgIpc) is 2.17. The molecule has 1 amide bonds. The van der Waals surface area contributed by atoms with E-state index in [0.29, 0.717) is 0 Å². The maximum atomic E-state index is 11.2. The summed E-state index contributed by atoms with van der Waals surface area (Å²) in [5, 5.41) is 2.24. The molecule has 0 fully saturated rings. The van der Waals surface area contributed by atoms with Gasteiger partial charge in [-0.2, -0.15) is 0 Å². The number of ether oxygens (including phenoxy) is 1. The molecular weight excluding hydrogens is 182 g/mol. The highest BCUT2D eigenvalue weighted by atomic mass is 16.6. The SMILES string of the molecule is CCCCCC(C)C(=O)OC(=O)NC. The Labute approximate surface area is 85.0 Å². The molecule has 0 aliphatic rings. The molecule has 0 radical (unpaired) electrons. The third kappa shape index (κ3) is 5.56. The number of hydrogen-bond acceptors (Lipinski definition) is 3. The van der Waals surface area contributed by atoms with Crippen LogP contribution >= 0.6 is 0 Å². The monoisotopic (exact) mass is 201 g/mol. The van der Waals surface area contributed by atoms with Gasteiger partial charge >= 0.3 is 12.1 Å².